The topological polar surface area (TPSA) is 65.0 Å². The van der Waals surface area contributed by atoms with Crippen molar-refractivity contribution in [3.05, 3.63) is 84.4 Å². The molecule has 2 aromatic rings. The molecule has 1 saturated carbocycles. The van der Waals surface area contributed by atoms with Crippen molar-refractivity contribution < 1.29 is 23.8 Å². The molecule has 1 aliphatic rings. The average molecular weight is 559 g/mol. The number of carbonyl (C=O) groups excluding carboxylic acids is 1. The van der Waals surface area contributed by atoms with E-state index in [1.54, 1.807) is 18.2 Å². The molecular weight excluding hydrogens is 516 g/mol. The van der Waals surface area contributed by atoms with Crippen LogP contribution in [0.3, 0.4) is 0 Å². The molecule has 5 nitrogen and oxygen atoms in total. The largest absolute Gasteiger partial charge is 0.458 e. The quantitative estimate of drug-likeness (QED) is 0.147. The minimum atomic E-state index is -2.31. The van der Waals surface area contributed by atoms with E-state index in [-0.39, 0.29) is 17.5 Å². The first-order chi connectivity index (χ1) is 17.8. The van der Waals surface area contributed by atoms with Crippen molar-refractivity contribution in [2.45, 2.75) is 76.7 Å². The van der Waals surface area contributed by atoms with Crippen molar-refractivity contribution in [1.82, 2.24) is 0 Å². The molecule has 0 spiro atoms. The molecule has 0 radical (unpaired) electrons. The van der Waals surface area contributed by atoms with Crippen LogP contribution in [0.25, 0.3) is 0 Å². The van der Waals surface area contributed by atoms with Gasteiger partial charge < -0.3 is 19.0 Å². The predicted molar refractivity (Wildman–Crippen MR) is 156 cm³/mol. The Labute approximate surface area is 234 Å². The average Bonchev–Trinajstić information content (AvgIpc) is 2.87. The summed E-state index contributed by atoms with van der Waals surface area (Å²) in [6.45, 7) is 17.4. The molecule has 1 aliphatic carbocycles. The van der Waals surface area contributed by atoms with E-state index < -0.39 is 43.4 Å². The highest BCUT2D eigenvalue weighted by atomic mass is 35.5. The first-order valence-corrected chi connectivity index (χ1v) is 16.7. The van der Waals surface area contributed by atoms with Crippen molar-refractivity contribution in [1.29, 1.82) is 0 Å². The van der Waals surface area contributed by atoms with Crippen LogP contribution in [-0.2, 0) is 20.5 Å². The van der Waals surface area contributed by atoms with Crippen molar-refractivity contribution >= 4 is 25.9 Å². The second-order valence-electron chi connectivity index (χ2n) is 12.2. The van der Waals surface area contributed by atoms with Crippen LogP contribution in [0.15, 0.2) is 73.3 Å². The van der Waals surface area contributed by atoms with Crippen LogP contribution < -0.4 is 0 Å². The number of aliphatic hydroxyl groups is 1. The number of hydrogen-bond acceptors (Lipinski definition) is 5. The Morgan fingerprint density at radius 3 is 2.21 bits per heavy atom. The summed E-state index contributed by atoms with van der Waals surface area (Å²) in [5.74, 6) is -1.02. The maximum atomic E-state index is 13.3. The van der Waals surface area contributed by atoms with E-state index in [4.69, 9.17) is 25.5 Å². The second-order valence-corrected chi connectivity index (χ2v) is 17.2. The number of ether oxygens (including phenoxy) is 2. The highest BCUT2D eigenvalue weighted by Gasteiger charge is 2.61. The molecule has 0 aromatic heterocycles. The normalized spacial score (nSPS) is 28.1. The van der Waals surface area contributed by atoms with Crippen LogP contribution in [0.5, 0.6) is 0 Å². The highest BCUT2D eigenvalue weighted by Crippen LogP contribution is 2.52. The van der Waals surface area contributed by atoms with Gasteiger partial charge in [-0.1, -0.05) is 82.3 Å². The Bertz CT molecular complexity index is 1070. The molecule has 208 valence electrons. The molecular formula is C31H43ClO5Si. The molecule has 7 heteroatoms. The molecule has 0 unspecified atom stereocenters. The summed E-state index contributed by atoms with van der Waals surface area (Å²) in [6, 6.07) is 18.8. The molecule has 1 N–H and O–H groups in total. The summed E-state index contributed by atoms with van der Waals surface area (Å²) in [4.78, 5) is 13.3. The lowest BCUT2D eigenvalue weighted by molar-refractivity contribution is -0.202. The SMILES string of the molecule is C=C[C@H]1[C@](C)(COCc2ccccc2)[C@@H](OC(=O)c2ccccc2)C[C@@H](O[Si](C)(C)C(C)(C)C)[C@@]1(O)CCl. The zero-order valence-corrected chi connectivity index (χ0v) is 25.3. The van der Waals surface area contributed by atoms with Gasteiger partial charge in [0.25, 0.3) is 0 Å². The Kier molecular flexibility index (Phi) is 9.70. The summed E-state index contributed by atoms with van der Waals surface area (Å²) < 4.78 is 19.2. The number of benzene rings is 2. The first kappa shape index (κ1) is 30.6. The molecule has 0 saturated heterocycles. The second kappa shape index (κ2) is 12.1. The van der Waals surface area contributed by atoms with E-state index in [1.165, 1.54) is 0 Å². The molecule has 0 aliphatic heterocycles. The lowest BCUT2D eigenvalue weighted by atomic mass is 9.58. The molecule has 0 heterocycles. The standard InChI is InChI=1S/C31H43ClO5Si/c1-8-25-30(5,22-35-20-23-15-11-9-12-16-23)26(36-28(33)24-17-13-10-14-18-24)19-27(31(25,34)21-32)37-38(6,7)29(2,3)4/h8-18,25-27,34H,1,19-22H2,2-7H3/t25-,26-,27+,30-,31+/m0/s1. The number of alkyl halides is 1. The van der Waals surface area contributed by atoms with E-state index in [2.05, 4.69) is 40.4 Å². The van der Waals surface area contributed by atoms with Gasteiger partial charge in [-0.05, 0) is 35.8 Å². The van der Waals surface area contributed by atoms with Gasteiger partial charge in [-0.3, -0.25) is 0 Å². The van der Waals surface area contributed by atoms with Gasteiger partial charge in [-0.25, -0.2) is 4.79 Å². The lowest BCUT2D eigenvalue weighted by Crippen LogP contribution is -2.67. The van der Waals surface area contributed by atoms with Crippen LogP contribution >= 0.6 is 11.6 Å². The van der Waals surface area contributed by atoms with Gasteiger partial charge in [0, 0.05) is 17.8 Å². The Morgan fingerprint density at radius 1 is 1.11 bits per heavy atom. The zero-order valence-electron chi connectivity index (χ0n) is 23.6. The van der Waals surface area contributed by atoms with E-state index in [0.717, 1.165) is 5.56 Å². The van der Waals surface area contributed by atoms with Crippen LogP contribution in [0.4, 0.5) is 0 Å². The molecule has 0 bridgehead atoms. The van der Waals surface area contributed by atoms with Crippen molar-refractivity contribution in [2.75, 3.05) is 12.5 Å². The third kappa shape index (κ3) is 6.43. The highest BCUT2D eigenvalue weighted by molar-refractivity contribution is 6.74. The van der Waals surface area contributed by atoms with Crippen LogP contribution in [-0.4, -0.2) is 49.7 Å². The fourth-order valence-electron chi connectivity index (χ4n) is 5.06. The van der Waals surface area contributed by atoms with Crippen molar-refractivity contribution in [3.63, 3.8) is 0 Å². The van der Waals surface area contributed by atoms with Crippen LogP contribution in [0, 0.1) is 11.3 Å². The van der Waals surface area contributed by atoms with Gasteiger partial charge in [0.2, 0.25) is 0 Å². The van der Waals surface area contributed by atoms with Crippen molar-refractivity contribution in [2.24, 2.45) is 11.3 Å². The maximum Gasteiger partial charge on any atom is 0.338 e. The Balaban J connectivity index is 1.99. The van der Waals surface area contributed by atoms with Gasteiger partial charge in [-0.15, -0.1) is 18.2 Å². The van der Waals surface area contributed by atoms with Gasteiger partial charge in [0.05, 0.1) is 30.8 Å². The van der Waals surface area contributed by atoms with E-state index in [1.807, 2.05) is 55.5 Å². The van der Waals surface area contributed by atoms with E-state index in [0.29, 0.717) is 18.6 Å². The third-order valence-corrected chi connectivity index (χ3v) is 13.4. The van der Waals surface area contributed by atoms with Gasteiger partial charge in [0.15, 0.2) is 8.32 Å². The minimum absolute atomic E-state index is 0.0450. The van der Waals surface area contributed by atoms with Gasteiger partial charge >= 0.3 is 5.97 Å². The first-order valence-electron chi connectivity index (χ1n) is 13.2. The molecule has 38 heavy (non-hydrogen) atoms. The Morgan fingerprint density at radius 2 is 1.68 bits per heavy atom. The number of carbonyl (C=O) groups is 1. The number of halogens is 1. The van der Waals surface area contributed by atoms with Crippen LogP contribution in [0.2, 0.25) is 18.1 Å². The summed E-state index contributed by atoms with van der Waals surface area (Å²) >= 11 is 6.53. The molecule has 5 atom stereocenters. The Hall–Kier alpha value is -1.96. The summed E-state index contributed by atoms with van der Waals surface area (Å²) in [5.41, 5.74) is -0.723. The maximum absolute atomic E-state index is 13.3. The molecule has 3 rings (SSSR count). The number of hydrogen-bond donors (Lipinski definition) is 1. The fourth-order valence-corrected chi connectivity index (χ4v) is 6.77. The zero-order chi connectivity index (χ0) is 28.2. The van der Waals surface area contributed by atoms with Crippen molar-refractivity contribution in [3.8, 4) is 0 Å². The third-order valence-electron chi connectivity index (χ3n) is 8.45. The van der Waals surface area contributed by atoms with Gasteiger partial charge in [0.1, 0.15) is 11.7 Å². The monoisotopic (exact) mass is 558 g/mol. The summed E-state index contributed by atoms with van der Waals surface area (Å²) in [7, 11) is -2.31. The predicted octanol–water partition coefficient (Wildman–Crippen LogP) is 7.00. The summed E-state index contributed by atoms with van der Waals surface area (Å²) in [5, 5.41) is 12.1. The minimum Gasteiger partial charge on any atom is -0.458 e. The molecule has 0 amide bonds. The van der Waals surface area contributed by atoms with E-state index >= 15 is 0 Å². The van der Waals surface area contributed by atoms with Crippen LogP contribution in [0.1, 0.15) is 50.0 Å². The number of rotatable bonds is 10. The molecule has 1 fully saturated rings. The smallest absolute Gasteiger partial charge is 0.338 e. The molecule has 2 aromatic carbocycles. The summed E-state index contributed by atoms with van der Waals surface area (Å²) in [6.07, 6.45) is 0.773. The number of esters is 1. The van der Waals surface area contributed by atoms with E-state index in [9.17, 15) is 9.90 Å². The lowest BCUT2D eigenvalue weighted by Gasteiger charge is -2.57. The van der Waals surface area contributed by atoms with Gasteiger partial charge in [-0.2, -0.15) is 0 Å². The fraction of sp³-hybridized carbons (Fsp3) is 0.516.